The van der Waals surface area contributed by atoms with Gasteiger partial charge in [-0.25, -0.2) is 31.4 Å². The van der Waals surface area contributed by atoms with E-state index >= 15 is 4.79 Å². The van der Waals surface area contributed by atoms with Crippen LogP contribution in [0.15, 0.2) is 42.6 Å². The average molecular weight is 905 g/mol. The van der Waals surface area contributed by atoms with Gasteiger partial charge >= 0.3 is 6.09 Å². The topological polar surface area (TPSA) is 186 Å². The molecule has 0 spiro atoms. The molecule has 0 unspecified atom stereocenters. The minimum absolute atomic E-state index is 0.00731. The van der Waals surface area contributed by atoms with Crippen molar-refractivity contribution < 1.29 is 55.0 Å². The molecule has 1 aromatic heterocycles. The van der Waals surface area contributed by atoms with E-state index in [1.165, 1.54) is 4.90 Å². The number of hydrogen-bond acceptors (Lipinski definition) is 11. The summed E-state index contributed by atoms with van der Waals surface area (Å²) in [4.78, 5) is 65.5. The zero-order chi connectivity index (χ0) is 45.5. The van der Waals surface area contributed by atoms with Crippen molar-refractivity contribution in [2.24, 2.45) is 17.8 Å². The highest BCUT2D eigenvalue weighted by atomic mass is 32.2. The molecule has 2 saturated heterocycles. The van der Waals surface area contributed by atoms with Crippen LogP contribution in [0.1, 0.15) is 86.0 Å². The van der Waals surface area contributed by atoms with Crippen LogP contribution in [-0.4, -0.2) is 122 Å². The number of carbonyl (C=O) groups excluding carboxylic acids is 4. The van der Waals surface area contributed by atoms with E-state index in [2.05, 4.69) is 20.3 Å². The summed E-state index contributed by atoms with van der Waals surface area (Å²) in [6, 6.07) is 4.90. The highest BCUT2D eigenvalue weighted by molar-refractivity contribution is 7.91. The minimum atomic E-state index is -4.45. The second kappa shape index (κ2) is 17.7. The molecular weight excluding hydrogens is 846 g/mol. The minimum Gasteiger partial charge on any atom is -0.472 e. The van der Waals surface area contributed by atoms with Gasteiger partial charge in [-0.1, -0.05) is 50.6 Å². The van der Waals surface area contributed by atoms with E-state index in [4.69, 9.17) is 19.2 Å². The molecule has 19 heteroatoms. The van der Waals surface area contributed by atoms with Crippen LogP contribution in [0.25, 0.3) is 10.8 Å². The number of sulfonamides is 1. The lowest BCUT2D eigenvalue weighted by atomic mass is 9.85. The van der Waals surface area contributed by atoms with Gasteiger partial charge in [0.15, 0.2) is 5.60 Å². The maximum absolute atomic E-state index is 15.1. The maximum atomic E-state index is 15.1. The number of allylic oxidation sites excluding steroid dienone is 1. The molecule has 346 valence electrons. The number of pyridine rings is 1. The lowest BCUT2D eigenvalue weighted by molar-refractivity contribution is -0.152. The van der Waals surface area contributed by atoms with Crippen LogP contribution in [0.5, 0.6) is 5.88 Å². The molecule has 2 aliphatic carbocycles. The molecule has 1 aromatic carbocycles. The normalized spacial score (nSPS) is 29.6. The van der Waals surface area contributed by atoms with Crippen LogP contribution in [0.2, 0.25) is 0 Å². The fourth-order valence-corrected chi connectivity index (χ4v) is 10.3. The van der Waals surface area contributed by atoms with Crippen molar-refractivity contribution in [3.05, 3.63) is 42.6 Å². The first-order chi connectivity index (χ1) is 29.7. The number of alkyl carbamates (subject to hydrolysis) is 1. The quantitative estimate of drug-likeness (QED) is 0.253. The van der Waals surface area contributed by atoms with Crippen molar-refractivity contribution in [3.8, 4) is 5.88 Å². The first kappa shape index (κ1) is 46.3. The number of aromatic nitrogens is 1. The number of hydrogen-bond donors (Lipinski definition) is 3. The summed E-state index contributed by atoms with van der Waals surface area (Å²) in [6.45, 7) is 7.70. The summed E-state index contributed by atoms with van der Waals surface area (Å²) >= 11 is 0. The van der Waals surface area contributed by atoms with E-state index in [-0.39, 0.29) is 44.0 Å². The highest BCUT2D eigenvalue weighted by Gasteiger charge is 2.64. The summed E-state index contributed by atoms with van der Waals surface area (Å²) < 4.78 is 87.3. The van der Waals surface area contributed by atoms with E-state index < -0.39 is 92.3 Å². The van der Waals surface area contributed by atoms with E-state index in [1.54, 1.807) is 12.3 Å². The van der Waals surface area contributed by atoms with Crippen LogP contribution in [0.4, 0.5) is 23.7 Å². The van der Waals surface area contributed by atoms with Crippen molar-refractivity contribution in [2.75, 3.05) is 44.4 Å². The third kappa shape index (κ3) is 9.45. The van der Waals surface area contributed by atoms with Crippen molar-refractivity contribution in [3.63, 3.8) is 0 Å². The Kier molecular flexibility index (Phi) is 13.0. The molecule has 7 atom stereocenters. The van der Waals surface area contributed by atoms with Gasteiger partial charge in [-0.3, -0.25) is 19.1 Å². The maximum Gasteiger partial charge on any atom is 0.408 e. The first-order valence-electron chi connectivity index (χ1n) is 21.9. The van der Waals surface area contributed by atoms with Gasteiger partial charge in [0.1, 0.15) is 35.1 Å². The number of fused-ring (bicyclic) bond motifs is 3. The standard InChI is InChI=1S/C44H59F3N6O9S/c1-6-28-21-27(2)11-7-8-12-29-23-44(29,39(56)51-63(58,59)43(26-45)15-16-43)50-36(54)33-22-30(25-53(33)38(55)35(28)49-40(57)62-41(3,4)42(5,46)47)61-37-32-14-10-9-13-31(32)34(24-48-37)52-17-19-60-20-18-52/h8-10,12-14,24,27-30,33,35H,6-7,11,15-23,25-26H2,1-5H3,(H,49,57)(H,50,54)(H,51,56)/b12-8-/t27-,28-,29-,30-,33+,35+,44-/m1/s1. The van der Waals surface area contributed by atoms with Gasteiger partial charge < -0.3 is 34.6 Å². The van der Waals surface area contributed by atoms with Crippen LogP contribution in [0, 0.1) is 17.8 Å². The molecule has 7 rings (SSSR count). The zero-order valence-electron chi connectivity index (χ0n) is 36.5. The van der Waals surface area contributed by atoms with Gasteiger partial charge in [-0.05, 0) is 70.3 Å². The highest BCUT2D eigenvalue weighted by Crippen LogP contribution is 2.48. The van der Waals surface area contributed by atoms with Gasteiger partial charge in [0.05, 0.1) is 31.6 Å². The van der Waals surface area contributed by atoms with Crippen LogP contribution in [-0.2, 0) is 33.9 Å². The number of ether oxygens (including phenoxy) is 3. The Balaban J connectivity index is 1.24. The van der Waals surface area contributed by atoms with Gasteiger partial charge in [-0.2, -0.15) is 0 Å². The summed E-state index contributed by atoms with van der Waals surface area (Å²) in [6.07, 6.45) is 5.30. The summed E-state index contributed by atoms with van der Waals surface area (Å²) in [5.41, 5.74) is -3.09. The Hall–Kier alpha value is -4.65. The van der Waals surface area contributed by atoms with Crippen molar-refractivity contribution >= 4 is 50.3 Å². The molecule has 15 nitrogen and oxygen atoms in total. The van der Waals surface area contributed by atoms with Gasteiger partial charge in [0.25, 0.3) is 11.8 Å². The zero-order valence-corrected chi connectivity index (χ0v) is 37.3. The van der Waals surface area contributed by atoms with E-state index in [0.717, 1.165) is 24.9 Å². The second-order valence-corrected chi connectivity index (χ2v) is 20.6. The number of morpholine rings is 1. The van der Waals surface area contributed by atoms with Gasteiger partial charge in [0, 0.05) is 43.1 Å². The number of nitrogens with zero attached hydrogens (tertiary/aromatic N) is 3. The van der Waals surface area contributed by atoms with Crippen LogP contribution in [0.3, 0.4) is 0 Å². The third-order valence-electron chi connectivity index (χ3n) is 13.7. The average Bonchev–Trinajstić information content (AvgIpc) is 4.14. The number of alkyl halides is 3. The number of benzene rings is 1. The molecule has 3 aliphatic heterocycles. The molecule has 63 heavy (non-hydrogen) atoms. The predicted molar refractivity (Wildman–Crippen MR) is 227 cm³/mol. The number of nitrogens with one attached hydrogen (secondary N) is 3. The van der Waals surface area contributed by atoms with Crippen molar-refractivity contribution in [1.29, 1.82) is 0 Å². The van der Waals surface area contributed by atoms with Gasteiger partial charge in [-0.15, -0.1) is 0 Å². The smallest absolute Gasteiger partial charge is 0.408 e. The van der Waals surface area contributed by atoms with Crippen molar-refractivity contribution in [2.45, 2.75) is 126 Å². The molecule has 0 bridgehead atoms. The van der Waals surface area contributed by atoms with E-state index in [9.17, 15) is 36.0 Å². The Bertz CT molecular complexity index is 2210. The number of halogens is 3. The fraction of sp³-hybridized carbons (Fsp3) is 0.659. The number of anilines is 1. The molecule has 4 amide bonds. The van der Waals surface area contributed by atoms with Crippen LogP contribution < -0.4 is 25.0 Å². The third-order valence-corrected chi connectivity index (χ3v) is 15.8. The molecule has 4 fully saturated rings. The Morgan fingerprint density at radius 3 is 2.43 bits per heavy atom. The Labute approximate surface area is 366 Å². The van der Waals surface area contributed by atoms with E-state index in [1.807, 2.05) is 44.2 Å². The molecular formula is C44H59F3N6O9S. The summed E-state index contributed by atoms with van der Waals surface area (Å²) in [5, 5.41) is 6.95. The molecule has 0 radical (unpaired) electrons. The fourth-order valence-electron chi connectivity index (χ4n) is 8.91. The molecule has 5 aliphatic rings. The first-order valence-corrected chi connectivity index (χ1v) is 23.4. The SMILES string of the molecule is CC[C@@H]1C[C@H](C)CC/C=C\[C@@H]2C[C@@]2(C(=O)NS(=O)(=O)C2(CF)CC2)NC(=O)[C@@H]2C[C@@H](Oc3ncc(N4CCOCC4)c4ccccc34)CN2C(=O)[C@H]1NC(=O)OC(C)(C)C(C)(F)F. The second-order valence-electron chi connectivity index (χ2n) is 18.5. The Morgan fingerprint density at radius 2 is 1.78 bits per heavy atom. The number of rotatable bonds is 11. The van der Waals surface area contributed by atoms with Gasteiger partial charge in [0.2, 0.25) is 27.7 Å². The Morgan fingerprint density at radius 1 is 1.08 bits per heavy atom. The predicted octanol–water partition coefficient (Wildman–Crippen LogP) is 5.17. The lowest BCUT2D eigenvalue weighted by Crippen LogP contribution is -2.60. The molecule has 2 aromatic rings. The summed E-state index contributed by atoms with van der Waals surface area (Å²) in [7, 11) is -4.45. The largest absolute Gasteiger partial charge is 0.472 e. The van der Waals surface area contributed by atoms with Crippen molar-refractivity contribution in [1.82, 2.24) is 25.2 Å². The summed E-state index contributed by atoms with van der Waals surface area (Å²) in [5.74, 6) is -6.81. The molecule has 4 heterocycles. The molecule has 3 N–H and O–H groups in total. The number of carbonyl (C=O) groups is 4. The number of amides is 4. The molecule has 2 saturated carbocycles. The lowest BCUT2D eigenvalue weighted by Gasteiger charge is -2.35. The monoisotopic (exact) mass is 904 g/mol. The van der Waals surface area contributed by atoms with Crippen LogP contribution >= 0.6 is 0 Å². The van der Waals surface area contributed by atoms with E-state index in [0.29, 0.717) is 64.3 Å².